The van der Waals surface area contributed by atoms with E-state index in [1.165, 1.54) is 212 Å². The highest BCUT2D eigenvalue weighted by atomic mass is 31.2. The Morgan fingerprint density at radius 3 is 0.641 bits per heavy atom. The summed E-state index contributed by atoms with van der Waals surface area (Å²) in [5.74, 6) is -2.13. The quantitative estimate of drug-likeness (QED) is 0.0222. The molecule has 0 fully saturated rings. The first-order chi connectivity index (χ1) is 44.7. The lowest BCUT2D eigenvalue weighted by molar-refractivity contribution is -0.161. The summed E-state index contributed by atoms with van der Waals surface area (Å²) in [6, 6.07) is 0. The molecule has 3 N–H and O–H groups in total. The van der Waals surface area contributed by atoms with Gasteiger partial charge < -0.3 is 33.8 Å². The fraction of sp³-hybridized carbons (Fsp3) is 0.945. The fourth-order valence-corrected chi connectivity index (χ4v) is 12.8. The van der Waals surface area contributed by atoms with Gasteiger partial charge in [0.05, 0.1) is 26.4 Å². The third-order valence-corrected chi connectivity index (χ3v) is 19.0. The molecule has 19 heteroatoms. The van der Waals surface area contributed by atoms with Crippen LogP contribution in [-0.4, -0.2) is 96.7 Å². The highest BCUT2D eigenvalue weighted by molar-refractivity contribution is 7.47. The highest BCUT2D eigenvalue weighted by Crippen LogP contribution is 2.45. The first kappa shape index (κ1) is 90.1. The molecule has 0 aliphatic rings. The van der Waals surface area contributed by atoms with E-state index in [0.717, 1.165) is 96.3 Å². The lowest BCUT2D eigenvalue weighted by Crippen LogP contribution is -2.30. The molecule has 0 aliphatic carbocycles. The number of carbonyl (C=O) groups is 4. The number of phosphoric acid groups is 2. The molecule has 0 spiro atoms. The summed E-state index contributed by atoms with van der Waals surface area (Å²) >= 11 is 0. The zero-order valence-electron chi connectivity index (χ0n) is 59.5. The minimum Gasteiger partial charge on any atom is -0.462 e. The van der Waals surface area contributed by atoms with Crippen molar-refractivity contribution in [3.05, 3.63) is 0 Å². The van der Waals surface area contributed by atoms with Gasteiger partial charge in [-0.05, 0) is 25.7 Å². The van der Waals surface area contributed by atoms with Crippen LogP contribution >= 0.6 is 15.6 Å². The number of carbonyl (C=O) groups excluding carboxylic acids is 4. The Morgan fingerprint density at radius 2 is 0.435 bits per heavy atom. The SMILES string of the molecule is CCCCCCCCCCCCCCCCCCCCCCC(=O)O[C@H](COC(=O)CCCCCCCCCCCCCCCCCC)COP(=O)(O)OC[C@@H](O)COP(=O)(O)OC[C@@H](COC(=O)CCCCCCC)OC(=O)CCCCCCCCCCCCC. The molecule has 0 aliphatic heterocycles. The second-order valence-electron chi connectivity index (χ2n) is 26.3. The van der Waals surface area contributed by atoms with Crippen molar-refractivity contribution in [2.24, 2.45) is 0 Å². The van der Waals surface area contributed by atoms with Crippen LogP contribution in [0.2, 0.25) is 0 Å². The van der Waals surface area contributed by atoms with Gasteiger partial charge in [0.2, 0.25) is 0 Å². The van der Waals surface area contributed by atoms with E-state index in [2.05, 4.69) is 27.7 Å². The number of aliphatic hydroxyl groups excluding tert-OH is 1. The van der Waals surface area contributed by atoms with E-state index in [1.807, 2.05) is 0 Å². The average Bonchev–Trinajstić information content (AvgIpc) is 2.42. The molecule has 5 atom stereocenters. The molecule has 17 nitrogen and oxygen atoms in total. The smallest absolute Gasteiger partial charge is 0.462 e. The Balaban J connectivity index is 5.12. The molecule has 0 heterocycles. The molecule has 546 valence electrons. The van der Waals surface area contributed by atoms with Gasteiger partial charge in [-0.1, -0.05) is 336 Å². The van der Waals surface area contributed by atoms with E-state index < -0.39 is 97.5 Å². The monoisotopic (exact) mass is 1350 g/mol. The van der Waals surface area contributed by atoms with Crippen LogP contribution in [0.15, 0.2) is 0 Å². The maximum Gasteiger partial charge on any atom is 0.472 e. The number of hydrogen-bond donors (Lipinski definition) is 3. The van der Waals surface area contributed by atoms with Crippen molar-refractivity contribution in [2.75, 3.05) is 39.6 Å². The predicted octanol–water partition coefficient (Wildman–Crippen LogP) is 21.4. The predicted molar refractivity (Wildman–Crippen MR) is 372 cm³/mol. The van der Waals surface area contributed by atoms with E-state index in [-0.39, 0.29) is 25.7 Å². The van der Waals surface area contributed by atoms with E-state index in [0.29, 0.717) is 25.7 Å². The van der Waals surface area contributed by atoms with Crippen molar-refractivity contribution in [2.45, 2.75) is 406 Å². The third-order valence-electron chi connectivity index (χ3n) is 17.1. The Morgan fingerprint density at radius 1 is 0.261 bits per heavy atom. The number of ether oxygens (including phenoxy) is 4. The number of unbranched alkanes of at least 4 members (excludes halogenated alkanes) is 48. The van der Waals surface area contributed by atoms with Crippen molar-refractivity contribution < 1.29 is 80.2 Å². The summed E-state index contributed by atoms with van der Waals surface area (Å²) in [6.07, 6.45) is 57.3. The van der Waals surface area contributed by atoms with Gasteiger partial charge in [0.1, 0.15) is 19.3 Å². The molecule has 0 bridgehead atoms. The molecule has 0 aromatic rings. The summed E-state index contributed by atoms with van der Waals surface area (Å²) in [4.78, 5) is 72.4. The third kappa shape index (κ3) is 66.7. The summed E-state index contributed by atoms with van der Waals surface area (Å²) in [5, 5.41) is 10.6. The molecule has 2 unspecified atom stereocenters. The van der Waals surface area contributed by atoms with Crippen LogP contribution in [0.3, 0.4) is 0 Å². The fourth-order valence-electron chi connectivity index (χ4n) is 11.2. The van der Waals surface area contributed by atoms with Gasteiger partial charge in [-0.3, -0.25) is 37.3 Å². The molecule has 0 amide bonds. The molecule has 0 saturated heterocycles. The van der Waals surface area contributed by atoms with Crippen molar-refractivity contribution in [3.8, 4) is 0 Å². The molecule has 0 saturated carbocycles. The standard InChI is InChI=1S/C73H142O17P2/c1-5-9-13-17-20-23-26-28-30-32-33-34-35-37-39-42-45-48-52-56-60-73(78)90-69(64-84-71(76)58-54-50-46-43-41-38-36-31-29-27-24-21-18-14-10-6-2)66-88-92(81,82)86-62-67(74)61-85-91(79,80)87-65-68(63-83-70(75)57-53-49-16-12-8-4)89-72(77)59-55-51-47-44-40-25-22-19-15-11-7-3/h67-69,74H,5-66H2,1-4H3,(H,79,80)(H,81,82)/t67-,68+,69+/m0/s1. The zero-order chi connectivity index (χ0) is 67.5. The van der Waals surface area contributed by atoms with E-state index in [4.69, 9.17) is 37.0 Å². The van der Waals surface area contributed by atoms with Crippen LogP contribution in [0.1, 0.15) is 387 Å². The Bertz CT molecular complexity index is 1760. The Hall–Kier alpha value is -1.94. The highest BCUT2D eigenvalue weighted by Gasteiger charge is 2.30. The number of phosphoric ester groups is 2. The second kappa shape index (κ2) is 67.6. The van der Waals surface area contributed by atoms with E-state index in [9.17, 15) is 43.2 Å². The van der Waals surface area contributed by atoms with Crippen LogP contribution in [-0.2, 0) is 65.4 Å². The number of esters is 4. The first-order valence-corrected chi connectivity index (χ1v) is 41.3. The van der Waals surface area contributed by atoms with Crippen molar-refractivity contribution in [1.29, 1.82) is 0 Å². The Kier molecular flexibility index (Phi) is 66.2. The summed E-state index contributed by atoms with van der Waals surface area (Å²) in [6.45, 7) is 4.88. The second-order valence-corrected chi connectivity index (χ2v) is 29.2. The minimum absolute atomic E-state index is 0.107. The normalized spacial score (nSPS) is 13.9. The van der Waals surface area contributed by atoms with Crippen LogP contribution < -0.4 is 0 Å². The van der Waals surface area contributed by atoms with Crippen LogP contribution in [0, 0.1) is 0 Å². The molecular weight excluding hydrogens is 1210 g/mol. The number of aliphatic hydroxyl groups is 1. The topological polar surface area (TPSA) is 237 Å². The van der Waals surface area contributed by atoms with Crippen LogP contribution in [0.25, 0.3) is 0 Å². The van der Waals surface area contributed by atoms with Gasteiger partial charge in [-0.15, -0.1) is 0 Å². The van der Waals surface area contributed by atoms with Crippen LogP contribution in [0.4, 0.5) is 0 Å². The van der Waals surface area contributed by atoms with Gasteiger partial charge in [0.25, 0.3) is 0 Å². The van der Waals surface area contributed by atoms with Crippen molar-refractivity contribution in [1.82, 2.24) is 0 Å². The van der Waals surface area contributed by atoms with Gasteiger partial charge in [0, 0.05) is 25.7 Å². The summed E-state index contributed by atoms with van der Waals surface area (Å²) < 4.78 is 68.2. The van der Waals surface area contributed by atoms with Crippen molar-refractivity contribution >= 4 is 39.5 Å². The first-order valence-electron chi connectivity index (χ1n) is 38.3. The molecule has 0 radical (unpaired) electrons. The average molecular weight is 1350 g/mol. The molecule has 0 aromatic heterocycles. The van der Waals surface area contributed by atoms with Gasteiger partial charge in [0.15, 0.2) is 12.2 Å². The molecule has 92 heavy (non-hydrogen) atoms. The maximum atomic E-state index is 13.1. The number of hydrogen-bond acceptors (Lipinski definition) is 15. The van der Waals surface area contributed by atoms with E-state index >= 15 is 0 Å². The van der Waals surface area contributed by atoms with Gasteiger partial charge in [-0.2, -0.15) is 0 Å². The minimum atomic E-state index is -4.95. The van der Waals surface area contributed by atoms with E-state index in [1.54, 1.807) is 0 Å². The summed E-state index contributed by atoms with van der Waals surface area (Å²) in [7, 11) is -9.89. The maximum absolute atomic E-state index is 13.1. The molecule has 0 rings (SSSR count). The van der Waals surface area contributed by atoms with Crippen molar-refractivity contribution in [3.63, 3.8) is 0 Å². The zero-order valence-corrected chi connectivity index (χ0v) is 61.3. The summed E-state index contributed by atoms with van der Waals surface area (Å²) in [5.41, 5.74) is 0. The Labute approximate surface area is 562 Å². The number of rotatable bonds is 74. The van der Waals surface area contributed by atoms with Gasteiger partial charge >= 0.3 is 39.5 Å². The molecular formula is C73H142O17P2. The lowest BCUT2D eigenvalue weighted by atomic mass is 10.0. The lowest BCUT2D eigenvalue weighted by Gasteiger charge is -2.21. The largest absolute Gasteiger partial charge is 0.472 e. The van der Waals surface area contributed by atoms with Gasteiger partial charge in [-0.25, -0.2) is 9.13 Å². The van der Waals surface area contributed by atoms with Crippen LogP contribution in [0.5, 0.6) is 0 Å². The molecule has 0 aromatic carbocycles.